The number of ether oxygens (including phenoxy) is 1. The number of carboxylic acids is 1. The van der Waals surface area contributed by atoms with E-state index >= 15 is 0 Å². The molecule has 0 aliphatic carbocycles. The first-order chi connectivity index (χ1) is 12.9. The molecule has 0 spiro atoms. The standard InChI is InChI=1S/C19H14ClNO5S/c20-15-4-2-1-3-13(15)10-21-18(24)16(27-19(21)25)9-12-5-7-14(8-6-12)26-11-17(22)23/h1-9H,10-11H2,(H,22,23)/p-1/b16-9-. The fraction of sp³-hybridized carbons (Fsp3) is 0.105. The third-order valence-electron chi connectivity index (χ3n) is 3.69. The van der Waals surface area contributed by atoms with Gasteiger partial charge in [0.1, 0.15) is 12.4 Å². The van der Waals surface area contributed by atoms with Crippen molar-refractivity contribution in [2.75, 3.05) is 6.61 Å². The summed E-state index contributed by atoms with van der Waals surface area (Å²) in [6.45, 7) is -0.433. The number of carboxylic acid groups (broad SMARTS) is 1. The first-order valence-corrected chi connectivity index (χ1v) is 9.05. The zero-order chi connectivity index (χ0) is 19.4. The lowest BCUT2D eigenvalue weighted by atomic mass is 10.2. The van der Waals surface area contributed by atoms with Crippen LogP contribution in [0.25, 0.3) is 6.08 Å². The molecule has 2 aromatic rings. The van der Waals surface area contributed by atoms with E-state index in [2.05, 4.69) is 0 Å². The molecule has 2 amide bonds. The van der Waals surface area contributed by atoms with Gasteiger partial charge in [-0.05, 0) is 47.2 Å². The Hall–Kier alpha value is -2.77. The number of amides is 2. The second-order valence-electron chi connectivity index (χ2n) is 5.59. The Bertz CT molecular complexity index is 926. The summed E-state index contributed by atoms with van der Waals surface area (Å²) in [7, 11) is 0. The first kappa shape index (κ1) is 19.0. The fourth-order valence-corrected chi connectivity index (χ4v) is 3.42. The lowest BCUT2D eigenvalue weighted by molar-refractivity contribution is -0.307. The van der Waals surface area contributed by atoms with Crippen molar-refractivity contribution in [3.05, 3.63) is 69.6 Å². The van der Waals surface area contributed by atoms with E-state index in [1.807, 2.05) is 0 Å². The van der Waals surface area contributed by atoms with Gasteiger partial charge in [0.25, 0.3) is 11.1 Å². The summed E-state index contributed by atoms with van der Waals surface area (Å²) in [6.07, 6.45) is 1.60. The molecule has 1 heterocycles. The van der Waals surface area contributed by atoms with Gasteiger partial charge in [0.15, 0.2) is 0 Å². The maximum Gasteiger partial charge on any atom is 0.293 e. The lowest BCUT2D eigenvalue weighted by Gasteiger charge is -2.13. The second-order valence-corrected chi connectivity index (χ2v) is 6.99. The molecule has 2 aromatic carbocycles. The summed E-state index contributed by atoms with van der Waals surface area (Å²) in [5.74, 6) is -1.34. The molecule has 1 fully saturated rings. The number of aliphatic carboxylic acids is 1. The number of nitrogens with zero attached hydrogens (tertiary/aromatic N) is 1. The molecular formula is C19H13ClNO5S-. The Kier molecular flexibility index (Phi) is 5.83. The van der Waals surface area contributed by atoms with Crippen LogP contribution in [0.1, 0.15) is 11.1 Å². The molecular weight excluding hydrogens is 390 g/mol. The van der Waals surface area contributed by atoms with Crippen LogP contribution in [0.3, 0.4) is 0 Å². The van der Waals surface area contributed by atoms with Gasteiger partial charge < -0.3 is 14.6 Å². The number of hydrogen-bond donors (Lipinski definition) is 0. The molecule has 27 heavy (non-hydrogen) atoms. The average Bonchev–Trinajstić information content (AvgIpc) is 2.90. The molecule has 1 aliphatic rings. The van der Waals surface area contributed by atoms with Gasteiger partial charge in [0.05, 0.1) is 17.4 Å². The summed E-state index contributed by atoms with van der Waals surface area (Å²) < 4.78 is 5.00. The van der Waals surface area contributed by atoms with Gasteiger partial charge in [0, 0.05) is 5.02 Å². The molecule has 3 rings (SSSR count). The number of benzene rings is 2. The minimum absolute atomic E-state index is 0.109. The van der Waals surface area contributed by atoms with Crippen molar-refractivity contribution in [1.82, 2.24) is 4.90 Å². The number of halogens is 1. The smallest absolute Gasteiger partial charge is 0.293 e. The first-order valence-electron chi connectivity index (χ1n) is 7.85. The number of carbonyl (C=O) groups excluding carboxylic acids is 3. The zero-order valence-corrected chi connectivity index (χ0v) is 15.5. The van der Waals surface area contributed by atoms with Gasteiger partial charge in [-0.3, -0.25) is 14.5 Å². The van der Waals surface area contributed by atoms with Gasteiger partial charge in [0.2, 0.25) is 0 Å². The summed E-state index contributed by atoms with van der Waals surface area (Å²) in [4.78, 5) is 36.6. The van der Waals surface area contributed by atoms with Crippen molar-refractivity contribution in [3.63, 3.8) is 0 Å². The van der Waals surface area contributed by atoms with Crippen LogP contribution in [0.5, 0.6) is 5.75 Å². The molecule has 0 aromatic heterocycles. The third-order valence-corrected chi connectivity index (χ3v) is 4.97. The predicted octanol–water partition coefficient (Wildman–Crippen LogP) is 2.71. The molecule has 0 unspecified atom stereocenters. The summed E-state index contributed by atoms with van der Waals surface area (Å²) in [5, 5.41) is 10.5. The highest BCUT2D eigenvalue weighted by molar-refractivity contribution is 8.18. The number of thioether (sulfide) groups is 1. The van der Waals surface area contributed by atoms with Crippen LogP contribution in [0.2, 0.25) is 5.02 Å². The van der Waals surface area contributed by atoms with E-state index in [4.69, 9.17) is 16.3 Å². The predicted molar refractivity (Wildman–Crippen MR) is 99.9 cm³/mol. The molecule has 1 saturated heterocycles. The van der Waals surface area contributed by atoms with Gasteiger partial charge >= 0.3 is 0 Å². The van der Waals surface area contributed by atoms with Crippen LogP contribution < -0.4 is 9.84 Å². The highest BCUT2D eigenvalue weighted by atomic mass is 35.5. The molecule has 6 nitrogen and oxygen atoms in total. The van der Waals surface area contributed by atoms with E-state index < -0.39 is 12.6 Å². The average molecular weight is 403 g/mol. The monoisotopic (exact) mass is 402 g/mol. The fourth-order valence-electron chi connectivity index (χ4n) is 2.39. The summed E-state index contributed by atoms with van der Waals surface area (Å²) in [5.41, 5.74) is 1.37. The molecule has 0 radical (unpaired) electrons. The van der Waals surface area contributed by atoms with E-state index in [9.17, 15) is 19.5 Å². The topological polar surface area (TPSA) is 86.7 Å². The Morgan fingerprint density at radius 1 is 1.15 bits per heavy atom. The molecule has 8 heteroatoms. The van der Waals surface area contributed by atoms with Gasteiger partial charge in [-0.15, -0.1) is 0 Å². The Labute approximate surface area is 164 Å². The highest BCUT2D eigenvalue weighted by Gasteiger charge is 2.35. The van der Waals surface area contributed by atoms with E-state index in [0.29, 0.717) is 26.8 Å². The van der Waals surface area contributed by atoms with Gasteiger partial charge in [-0.1, -0.05) is 41.9 Å². The SMILES string of the molecule is O=C([O-])COc1ccc(/C=C2\SC(=O)N(Cc3ccccc3Cl)C2=O)cc1. The quantitative estimate of drug-likeness (QED) is 0.690. The minimum Gasteiger partial charge on any atom is -0.546 e. The van der Waals surface area contributed by atoms with Crippen LogP contribution in [0.4, 0.5) is 4.79 Å². The number of imide groups is 1. The normalized spacial score (nSPS) is 15.4. The van der Waals surface area contributed by atoms with Crippen LogP contribution in [0.15, 0.2) is 53.4 Å². The third kappa shape index (κ3) is 4.69. The zero-order valence-electron chi connectivity index (χ0n) is 13.9. The van der Waals surface area contributed by atoms with Gasteiger partial charge in [-0.25, -0.2) is 0 Å². The number of carbonyl (C=O) groups is 3. The molecule has 0 atom stereocenters. The summed E-state index contributed by atoms with van der Waals surface area (Å²) in [6, 6.07) is 13.5. The van der Waals surface area contributed by atoms with E-state index in [0.717, 1.165) is 16.7 Å². The Morgan fingerprint density at radius 3 is 2.52 bits per heavy atom. The maximum absolute atomic E-state index is 12.6. The van der Waals surface area contributed by atoms with Crippen molar-refractivity contribution in [2.45, 2.75) is 6.54 Å². The second kappa shape index (κ2) is 8.28. The molecule has 1 aliphatic heterocycles. The maximum atomic E-state index is 12.6. The lowest BCUT2D eigenvalue weighted by Crippen LogP contribution is -2.28. The Morgan fingerprint density at radius 2 is 1.85 bits per heavy atom. The molecule has 138 valence electrons. The van der Waals surface area contributed by atoms with Crippen molar-refractivity contribution >= 4 is 46.6 Å². The van der Waals surface area contributed by atoms with Crippen molar-refractivity contribution < 1.29 is 24.2 Å². The Balaban J connectivity index is 1.72. The highest BCUT2D eigenvalue weighted by Crippen LogP contribution is 2.34. The van der Waals surface area contributed by atoms with E-state index in [1.165, 1.54) is 0 Å². The van der Waals surface area contributed by atoms with E-state index in [1.54, 1.807) is 54.6 Å². The van der Waals surface area contributed by atoms with Crippen LogP contribution in [-0.2, 0) is 16.1 Å². The van der Waals surface area contributed by atoms with Gasteiger partial charge in [-0.2, -0.15) is 0 Å². The largest absolute Gasteiger partial charge is 0.546 e. The van der Waals surface area contributed by atoms with Crippen molar-refractivity contribution in [1.29, 1.82) is 0 Å². The van der Waals surface area contributed by atoms with Crippen molar-refractivity contribution in [3.8, 4) is 5.75 Å². The number of hydrogen-bond acceptors (Lipinski definition) is 6. The van der Waals surface area contributed by atoms with Crippen LogP contribution in [-0.4, -0.2) is 28.6 Å². The minimum atomic E-state index is -1.31. The molecule has 0 bridgehead atoms. The summed E-state index contributed by atoms with van der Waals surface area (Å²) >= 11 is 6.96. The molecule has 0 N–H and O–H groups in total. The number of rotatable bonds is 6. The van der Waals surface area contributed by atoms with Crippen LogP contribution in [0, 0.1) is 0 Å². The molecule has 0 saturated carbocycles. The van der Waals surface area contributed by atoms with Crippen LogP contribution >= 0.6 is 23.4 Å². The van der Waals surface area contributed by atoms with Crippen molar-refractivity contribution in [2.24, 2.45) is 0 Å². The van der Waals surface area contributed by atoms with E-state index in [-0.39, 0.29) is 17.7 Å².